The lowest BCUT2D eigenvalue weighted by Gasteiger charge is -2.24. The van der Waals surface area contributed by atoms with E-state index in [2.05, 4.69) is 26.1 Å². The normalized spacial score (nSPS) is 13.2. The van der Waals surface area contributed by atoms with Crippen molar-refractivity contribution in [2.45, 2.75) is 90.6 Å². The van der Waals surface area contributed by atoms with Crippen molar-refractivity contribution >= 4 is 0 Å². The molecule has 0 aliphatic carbocycles. The van der Waals surface area contributed by atoms with Crippen LogP contribution >= 0.6 is 0 Å². The highest BCUT2D eigenvalue weighted by Crippen LogP contribution is 2.12. The number of aliphatic hydroxyl groups is 1. The summed E-state index contributed by atoms with van der Waals surface area (Å²) in [6.45, 7) is 6.92. The maximum atomic E-state index is 9.26. The van der Waals surface area contributed by atoms with E-state index < -0.39 is 0 Å². The molecule has 0 aliphatic rings. The minimum absolute atomic E-state index is 0.272. The van der Waals surface area contributed by atoms with E-state index in [1.165, 1.54) is 51.4 Å². The smallest absolute Gasteiger partial charge is 0.0584 e. The fraction of sp³-hybridized carbons (Fsp3) is 1.00. The zero-order valence-corrected chi connectivity index (χ0v) is 12.2. The Morgan fingerprint density at radius 1 is 0.824 bits per heavy atom. The molecule has 1 unspecified atom stereocenters. The molecule has 0 aromatic rings. The first kappa shape index (κ1) is 16.9. The van der Waals surface area contributed by atoms with Crippen LogP contribution in [-0.4, -0.2) is 23.8 Å². The first-order chi connectivity index (χ1) is 8.28. The molecule has 0 aromatic carbocycles. The Hall–Kier alpha value is -0.0800. The number of rotatable bonds is 12. The van der Waals surface area contributed by atoms with E-state index in [9.17, 15) is 5.11 Å². The largest absolute Gasteiger partial charge is 0.395 e. The van der Waals surface area contributed by atoms with Crippen molar-refractivity contribution < 1.29 is 5.11 Å². The molecule has 0 spiro atoms. The first-order valence-electron chi connectivity index (χ1n) is 7.65. The van der Waals surface area contributed by atoms with Gasteiger partial charge in [-0.25, -0.2) is 0 Å². The molecule has 0 bridgehead atoms. The minimum Gasteiger partial charge on any atom is -0.395 e. The van der Waals surface area contributed by atoms with Crippen LogP contribution in [-0.2, 0) is 0 Å². The summed E-state index contributed by atoms with van der Waals surface area (Å²) in [6, 6.07) is 0.911. The summed E-state index contributed by atoms with van der Waals surface area (Å²) in [5, 5.41) is 12.9. The molecule has 0 aliphatic heterocycles. The summed E-state index contributed by atoms with van der Waals surface area (Å²) < 4.78 is 0. The Morgan fingerprint density at radius 2 is 1.35 bits per heavy atom. The molecule has 0 amide bonds. The topological polar surface area (TPSA) is 32.3 Å². The van der Waals surface area contributed by atoms with E-state index in [0.717, 1.165) is 6.42 Å². The van der Waals surface area contributed by atoms with E-state index in [1.807, 2.05) is 0 Å². The second-order valence-corrected chi connectivity index (χ2v) is 5.14. The molecule has 104 valence electrons. The third kappa shape index (κ3) is 9.61. The Bertz CT molecular complexity index is 136. The maximum absolute atomic E-state index is 9.26. The van der Waals surface area contributed by atoms with Gasteiger partial charge < -0.3 is 10.4 Å². The second kappa shape index (κ2) is 12.4. The Labute approximate surface area is 108 Å². The lowest BCUT2D eigenvalue weighted by molar-refractivity contribution is 0.220. The first-order valence-corrected chi connectivity index (χ1v) is 7.65. The molecule has 2 N–H and O–H groups in total. The highest BCUT2D eigenvalue weighted by Gasteiger charge is 2.12. The minimum atomic E-state index is 0.272. The number of unbranched alkanes of at least 4 members (excludes halogenated alkanes) is 4. The molecular weight excluding hydrogens is 210 g/mol. The van der Waals surface area contributed by atoms with Crippen LogP contribution in [0.4, 0.5) is 0 Å². The van der Waals surface area contributed by atoms with Crippen molar-refractivity contribution in [1.82, 2.24) is 5.32 Å². The fourth-order valence-electron chi connectivity index (χ4n) is 2.23. The van der Waals surface area contributed by atoms with Gasteiger partial charge in [-0.1, -0.05) is 59.3 Å². The molecular formula is C15H33NO. The molecule has 0 saturated carbocycles. The van der Waals surface area contributed by atoms with Gasteiger partial charge in [0.25, 0.3) is 0 Å². The van der Waals surface area contributed by atoms with Crippen LogP contribution < -0.4 is 5.32 Å². The molecule has 0 fully saturated rings. The summed E-state index contributed by atoms with van der Waals surface area (Å²) in [5.74, 6) is 0. The van der Waals surface area contributed by atoms with E-state index >= 15 is 0 Å². The Balaban J connectivity index is 3.90. The summed E-state index contributed by atoms with van der Waals surface area (Å²) in [5.41, 5.74) is 0. The predicted molar refractivity (Wildman–Crippen MR) is 76.4 cm³/mol. The molecule has 0 rings (SSSR count). The maximum Gasteiger partial charge on any atom is 0.0584 e. The Morgan fingerprint density at radius 3 is 1.71 bits per heavy atom. The summed E-state index contributed by atoms with van der Waals surface area (Å²) in [7, 11) is 0. The molecule has 0 saturated heterocycles. The number of nitrogens with one attached hydrogen (secondary N) is 1. The van der Waals surface area contributed by atoms with Crippen LogP contribution in [0, 0.1) is 0 Å². The molecule has 2 nitrogen and oxygen atoms in total. The van der Waals surface area contributed by atoms with Crippen molar-refractivity contribution in [2.24, 2.45) is 0 Å². The molecule has 17 heavy (non-hydrogen) atoms. The van der Waals surface area contributed by atoms with Crippen molar-refractivity contribution in [3.05, 3.63) is 0 Å². The average molecular weight is 243 g/mol. The molecule has 0 radical (unpaired) electrons. The average Bonchev–Trinajstić information content (AvgIpc) is 2.35. The lowest BCUT2D eigenvalue weighted by Crippen LogP contribution is -2.40. The van der Waals surface area contributed by atoms with E-state index in [0.29, 0.717) is 12.1 Å². The molecule has 0 aromatic heterocycles. The van der Waals surface area contributed by atoms with Gasteiger partial charge in [0.05, 0.1) is 6.61 Å². The number of hydrogen-bond acceptors (Lipinski definition) is 2. The summed E-state index contributed by atoms with van der Waals surface area (Å²) in [4.78, 5) is 0. The Kier molecular flexibility index (Phi) is 12.3. The van der Waals surface area contributed by atoms with Crippen LogP contribution in [0.3, 0.4) is 0 Å². The molecule has 0 heterocycles. The van der Waals surface area contributed by atoms with Gasteiger partial charge in [-0.05, 0) is 19.3 Å². The lowest BCUT2D eigenvalue weighted by atomic mass is 10.0. The SMILES string of the molecule is CCCCCC(CCCCC)NC(CC)CO. The van der Waals surface area contributed by atoms with Gasteiger partial charge in [0.1, 0.15) is 0 Å². The fourth-order valence-corrected chi connectivity index (χ4v) is 2.23. The van der Waals surface area contributed by atoms with Gasteiger partial charge in [0.2, 0.25) is 0 Å². The third-order valence-corrected chi connectivity index (χ3v) is 3.50. The standard InChI is InChI=1S/C15H33NO/c1-4-7-9-11-15(12-10-8-5-2)16-14(6-3)13-17/h14-17H,4-13H2,1-3H3. The zero-order valence-electron chi connectivity index (χ0n) is 12.2. The van der Waals surface area contributed by atoms with Gasteiger partial charge in [-0.3, -0.25) is 0 Å². The van der Waals surface area contributed by atoms with Crippen molar-refractivity contribution in [1.29, 1.82) is 0 Å². The van der Waals surface area contributed by atoms with Gasteiger partial charge in [0.15, 0.2) is 0 Å². The van der Waals surface area contributed by atoms with Crippen LogP contribution in [0.5, 0.6) is 0 Å². The third-order valence-electron chi connectivity index (χ3n) is 3.50. The predicted octanol–water partition coefficient (Wildman–Crippen LogP) is 3.88. The van der Waals surface area contributed by atoms with Crippen LogP contribution in [0.2, 0.25) is 0 Å². The van der Waals surface area contributed by atoms with Gasteiger partial charge in [-0.15, -0.1) is 0 Å². The molecule has 2 heteroatoms. The highest BCUT2D eigenvalue weighted by molar-refractivity contribution is 4.73. The van der Waals surface area contributed by atoms with Crippen molar-refractivity contribution in [2.75, 3.05) is 6.61 Å². The summed E-state index contributed by atoms with van der Waals surface area (Å²) >= 11 is 0. The van der Waals surface area contributed by atoms with E-state index in [1.54, 1.807) is 0 Å². The molecule has 1 atom stereocenters. The van der Waals surface area contributed by atoms with E-state index in [-0.39, 0.29) is 6.61 Å². The second-order valence-electron chi connectivity index (χ2n) is 5.14. The quantitative estimate of drug-likeness (QED) is 0.510. The van der Waals surface area contributed by atoms with Crippen LogP contribution in [0.15, 0.2) is 0 Å². The highest BCUT2D eigenvalue weighted by atomic mass is 16.3. The zero-order chi connectivity index (χ0) is 12.9. The monoisotopic (exact) mass is 243 g/mol. The van der Waals surface area contributed by atoms with Crippen molar-refractivity contribution in [3.8, 4) is 0 Å². The van der Waals surface area contributed by atoms with Gasteiger partial charge >= 0.3 is 0 Å². The number of hydrogen-bond donors (Lipinski definition) is 2. The summed E-state index contributed by atoms with van der Waals surface area (Å²) in [6.07, 6.45) is 11.5. The number of aliphatic hydroxyl groups excluding tert-OH is 1. The van der Waals surface area contributed by atoms with Gasteiger partial charge in [-0.2, -0.15) is 0 Å². The van der Waals surface area contributed by atoms with Crippen LogP contribution in [0.25, 0.3) is 0 Å². The van der Waals surface area contributed by atoms with Crippen molar-refractivity contribution in [3.63, 3.8) is 0 Å². The van der Waals surface area contributed by atoms with Crippen LogP contribution in [0.1, 0.15) is 78.6 Å². The van der Waals surface area contributed by atoms with E-state index in [4.69, 9.17) is 0 Å². The van der Waals surface area contributed by atoms with Gasteiger partial charge in [0, 0.05) is 12.1 Å².